The van der Waals surface area contributed by atoms with Crippen LogP contribution in [0, 0.1) is 24.2 Å². The molecule has 18 heavy (non-hydrogen) atoms. The smallest absolute Gasteiger partial charge is 0.308 e. The average Bonchev–Trinajstić information content (AvgIpc) is 2.58. The number of carboxylic acid groups (broad SMARTS) is 1. The normalized spacial score (nSPS) is 11.9. The molecule has 1 aromatic rings. The lowest BCUT2D eigenvalue weighted by molar-refractivity contribution is -0.141. The van der Waals surface area contributed by atoms with Crippen molar-refractivity contribution >= 4 is 11.8 Å². The lowest BCUT2D eigenvalue weighted by Gasteiger charge is -2.13. The fraction of sp³-hybridized carbons (Fsp3) is 0.583. The van der Waals surface area contributed by atoms with Crippen LogP contribution in [0.5, 0.6) is 0 Å². The van der Waals surface area contributed by atoms with Gasteiger partial charge in [0.15, 0.2) is 0 Å². The van der Waals surface area contributed by atoms with Crippen LogP contribution in [0.2, 0.25) is 0 Å². The Morgan fingerprint density at radius 3 is 2.83 bits per heavy atom. The maximum absolute atomic E-state index is 11.0. The Balaban J connectivity index is 2.79. The summed E-state index contributed by atoms with van der Waals surface area (Å²) in [6.07, 6.45) is 1.43. The topological polar surface area (TPSA) is 90.9 Å². The number of nitriles is 1. The molecule has 0 saturated heterocycles. The predicted molar refractivity (Wildman–Crippen MR) is 67.2 cm³/mol. The van der Waals surface area contributed by atoms with E-state index in [0.717, 1.165) is 6.42 Å². The molecular weight excluding hydrogens is 232 g/mol. The zero-order chi connectivity index (χ0) is 13.7. The predicted octanol–water partition coefficient (Wildman–Crippen LogP) is 1.51. The summed E-state index contributed by atoms with van der Waals surface area (Å²) in [7, 11) is 1.73. The van der Waals surface area contributed by atoms with Crippen LogP contribution in [0.3, 0.4) is 0 Å². The summed E-state index contributed by atoms with van der Waals surface area (Å²) in [6.45, 7) is 4.01. The molecule has 0 aromatic carbocycles. The van der Waals surface area contributed by atoms with E-state index < -0.39 is 11.9 Å². The standard InChI is InChI=1S/C12H18N4O2/c1-4-5-9(12(17)18)7-14-11-10(6-13)8(2)15-16(11)3/h9,14H,4-5,7H2,1-3H3,(H,17,18). The molecule has 0 saturated carbocycles. The lowest BCUT2D eigenvalue weighted by Crippen LogP contribution is -2.23. The van der Waals surface area contributed by atoms with Crippen molar-refractivity contribution in [1.82, 2.24) is 9.78 Å². The fourth-order valence-corrected chi connectivity index (χ4v) is 1.88. The van der Waals surface area contributed by atoms with Gasteiger partial charge in [-0.05, 0) is 13.3 Å². The monoisotopic (exact) mass is 250 g/mol. The molecule has 2 N–H and O–H groups in total. The van der Waals surface area contributed by atoms with Gasteiger partial charge in [0.05, 0.1) is 11.6 Å². The summed E-state index contributed by atoms with van der Waals surface area (Å²) in [6, 6.07) is 2.08. The molecule has 98 valence electrons. The number of nitrogens with zero attached hydrogens (tertiary/aromatic N) is 3. The first-order valence-electron chi connectivity index (χ1n) is 5.91. The van der Waals surface area contributed by atoms with E-state index in [1.807, 2.05) is 6.92 Å². The Morgan fingerprint density at radius 1 is 1.67 bits per heavy atom. The van der Waals surface area contributed by atoms with Gasteiger partial charge in [0.1, 0.15) is 17.5 Å². The highest BCUT2D eigenvalue weighted by molar-refractivity contribution is 5.71. The average molecular weight is 250 g/mol. The van der Waals surface area contributed by atoms with E-state index in [4.69, 9.17) is 10.4 Å². The van der Waals surface area contributed by atoms with Crippen molar-refractivity contribution in [2.75, 3.05) is 11.9 Å². The second-order valence-corrected chi connectivity index (χ2v) is 4.25. The van der Waals surface area contributed by atoms with E-state index in [1.54, 1.807) is 18.7 Å². The van der Waals surface area contributed by atoms with E-state index in [9.17, 15) is 4.79 Å². The Kier molecular flexibility index (Phi) is 4.72. The summed E-state index contributed by atoms with van der Waals surface area (Å²) in [5.74, 6) is -0.684. The van der Waals surface area contributed by atoms with Crippen LogP contribution in [-0.4, -0.2) is 27.4 Å². The summed E-state index contributed by atoms with van der Waals surface area (Å²) in [4.78, 5) is 11.0. The van der Waals surface area contributed by atoms with Crippen molar-refractivity contribution in [3.8, 4) is 6.07 Å². The number of carboxylic acids is 1. The zero-order valence-electron chi connectivity index (χ0n) is 10.9. The summed E-state index contributed by atoms with van der Waals surface area (Å²) in [5, 5.41) is 25.2. The van der Waals surface area contributed by atoms with Gasteiger partial charge in [0, 0.05) is 13.6 Å². The lowest BCUT2D eigenvalue weighted by atomic mass is 10.0. The molecule has 1 unspecified atom stereocenters. The van der Waals surface area contributed by atoms with Crippen LogP contribution >= 0.6 is 0 Å². The molecule has 6 nitrogen and oxygen atoms in total. The molecule has 1 aromatic heterocycles. The van der Waals surface area contributed by atoms with Crippen LogP contribution in [0.4, 0.5) is 5.82 Å². The number of aromatic nitrogens is 2. The van der Waals surface area contributed by atoms with Crippen molar-refractivity contribution in [3.63, 3.8) is 0 Å². The van der Waals surface area contributed by atoms with E-state index in [0.29, 0.717) is 30.0 Å². The molecule has 0 aliphatic rings. The first kappa shape index (κ1) is 14.0. The molecule has 0 radical (unpaired) electrons. The highest BCUT2D eigenvalue weighted by Gasteiger charge is 2.18. The number of hydrogen-bond acceptors (Lipinski definition) is 4. The van der Waals surface area contributed by atoms with Gasteiger partial charge >= 0.3 is 5.97 Å². The number of aryl methyl sites for hydroxylation is 2. The third kappa shape index (κ3) is 3.00. The Morgan fingerprint density at radius 2 is 2.33 bits per heavy atom. The fourth-order valence-electron chi connectivity index (χ4n) is 1.88. The van der Waals surface area contributed by atoms with Gasteiger partial charge in [-0.25, -0.2) is 0 Å². The van der Waals surface area contributed by atoms with Gasteiger partial charge in [-0.2, -0.15) is 10.4 Å². The molecule has 1 rings (SSSR count). The molecule has 0 aliphatic carbocycles. The molecule has 1 atom stereocenters. The number of aliphatic carboxylic acids is 1. The van der Waals surface area contributed by atoms with Crippen molar-refractivity contribution in [3.05, 3.63) is 11.3 Å². The maximum atomic E-state index is 11.0. The van der Waals surface area contributed by atoms with Crippen molar-refractivity contribution in [2.45, 2.75) is 26.7 Å². The third-order valence-electron chi connectivity index (χ3n) is 2.84. The largest absolute Gasteiger partial charge is 0.481 e. The highest BCUT2D eigenvalue weighted by Crippen LogP contribution is 2.18. The zero-order valence-corrected chi connectivity index (χ0v) is 10.9. The molecule has 0 fully saturated rings. The summed E-state index contributed by atoms with van der Waals surface area (Å²) < 4.78 is 1.57. The van der Waals surface area contributed by atoms with Crippen LogP contribution < -0.4 is 5.32 Å². The number of hydrogen-bond donors (Lipinski definition) is 2. The minimum Gasteiger partial charge on any atom is -0.481 e. The third-order valence-corrected chi connectivity index (χ3v) is 2.84. The van der Waals surface area contributed by atoms with E-state index in [1.165, 1.54) is 0 Å². The van der Waals surface area contributed by atoms with Crippen LogP contribution in [0.1, 0.15) is 31.0 Å². The summed E-state index contributed by atoms with van der Waals surface area (Å²) in [5.41, 5.74) is 1.11. The number of nitrogens with one attached hydrogen (secondary N) is 1. The van der Waals surface area contributed by atoms with Crippen LogP contribution in [0.25, 0.3) is 0 Å². The van der Waals surface area contributed by atoms with Crippen molar-refractivity contribution in [1.29, 1.82) is 5.26 Å². The van der Waals surface area contributed by atoms with Crippen molar-refractivity contribution < 1.29 is 9.90 Å². The number of carbonyl (C=O) groups is 1. The SMILES string of the molecule is CCCC(CNc1c(C#N)c(C)nn1C)C(=O)O. The number of rotatable bonds is 6. The van der Waals surface area contributed by atoms with Gasteiger partial charge in [-0.1, -0.05) is 13.3 Å². The molecule has 6 heteroatoms. The maximum Gasteiger partial charge on any atom is 0.308 e. The first-order valence-corrected chi connectivity index (χ1v) is 5.91. The van der Waals surface area contributed by atoms with E-state index in [2.05, 4.69) is 16.5 Å². The molecule has 0 aliphatic heterocycles. The Labute approximate surface area is 106 Å². The minimum atomic E-state index is -0.818. The van der Waals surface area contributed by atoms with E-state index >= 15 is 0 Å². The molecule has 1 heterocycles. The van der Waals surface area contributed by atoms with Crippen molar-refractivity contribution in [2.24, 2.45) is 13.0 Å². The minimum absolute atomic E-state index is 0.302. The second kappa shape index (κ2) is 6.05. The van der Waals surface area contributed by atoms with Gasteiger partial charge in [0.25, 0.3) is 0 Å². The molecule has 0 bridgehead atoms. The van der Waals surface area contributed by atoms with Gasteiger partial charge < -0.3 is 10.4 Å². The highest BCUT2D eigenvalue weighted by atomic mass is 16.4. The second-order valence-electron chi connectivity index (χ2n) is 4.25. The Hall–Kier alpha value is -2.03. The van der Waals surface area contributed by atoms with Gasteiger partial charge in [0.2, 0.25) is 0 Å². The molecule has 0 amide bonds. The van der Waals surface area contributed by atoms with Crippen LogP contribution in [-0.2, 0) is 11.8 Å². The van der Waals surface area contributed by atoms with Crippen LogP contribution in [0.15, 0.2) is 0 Å². The van der Waals surface area contributed by atoms with Gasteiger partial charge in [-0.15, -0.1) is 0 Å². The quantitative estimate of drug-likeness (QED) is 0.798. The van der Waals surface area contributed by atoms with E-state index in [-0.39, 0.29) is 0 Å². The Bertz CT molecular complexity index is 473. The van der Waals surface area contributed by atoms with Gasteiger partial charge in [-0.3, -0.25) is 9.48 Å². The first-order chi connectivity index (χ1) is 8.51. The summed E-state index contributed by atoms with van der Waals surface area (Å²) >= 11 is 0. The molecule has 0 spiro atoms. The molecular formula is C12H18N4O2. The number of anilines is 1.